The number of nitrogens with two attached hydrogens (primary N) is 2. The van der Waals surface area contributed by atoms with E-state index in [1.807, 2.05) is 0 Å². The second kappa shape index (κ2) is 7.98. The lowest BCUT2D eigenvalue weighted by atomic mass is 10.1. The van der Waals surface area contributed by atoms with Gasteiger partial charge in [0.05, 0.1) is 6.61 Å². The largest absolute Gasteiger partial charge is 0.383 e. The number of unbranched alkanes of at least 4 members (excludes halogenated alkanes) is 2. The van der Waals surface area contributed by atoms with Crippen LogP contribution in [0.1, 0.15) is 25.7 Å². The van der Waals surface area contributed by atoms with E-state index in [0.29, 0.717) is 6.61 Å². The molecular weight excluding hydrogens is 140 g/mol. The molecule has 4 N–H and O–H groups in total. The van der Waals surface area contributed by atoms with Crippen molar-refractivity contribution in [3.63, 3.8) is 0 Å². The molecule has 68 valence electrons. The maximum absolute atomic E-state index is 5.71. The lowest BCUT2D eigenvalue weighted by molar-refractivity contribution is 0.176. The molecule has 0 saturated carbocycles. The second-order valence-electron chi connectivity index (χ2n) is 2.85. The van der Waals surface area contributed by atoms with Crippen molar-refractivity contribution in [1.29, 1.82) is 0 Å². The highest BCUT2D eigenvalue weighted by Gasteiger charge is 1.99. The summed E-state index contributed by atoms with van der Waals surface area (Å²) in [5, 5.41) is 0. The van der Waals surface area contributed by atoms with Crippen molar-refractivity contribution >= 4 is 0 Å². The zero-order chi connectivity index (χ0) is 8.53. The Bertz CT molecular complexity index is 78.5. The van der Waals surface area contributed by atoms with Gasteiger partial charge < -0.3 is 16.2 Å². The van der Waals surface area contributed by atoms with Gasteiger partial charge in [-0.3, -0.25) is 0 Å². The molecule has 1 atom stereocenters. The predicted molar refractivity (Wildman–Crippen MR) is 47.4 cm³/mol. The molecule has 1 unspecified atom stereocenters. The van der Waals surface area contributed by atoms with Crippen LogP contribution in [-0.4, -0.2) is 26.3 Å². The SMILES string of the molecule is COCC(N)CCCCCN. The number of methoxy groups -OCH3 is 1. The van der Waals surface area contributed by atoms with Gasteiger partial charge in [0.2, 0.25) is 0 Å². The van der Waals surface area contributed by atoms with Gasteiger partial charge >= 0.3 is 0 Å². The Kier molecular flexibility index (Phi) is 7.89. The zero-order valence-corrected chi connectivity index (χ0v) is 7.38. The highest BCUT2D eigenvalue weighted by molar-refractivity contribution is 4.59. The summed E-state index contributed by atoms with van der Waals surface area (Å²) in [6.07, 6.45) is 4.52. The highest BCUT2D eigenvalue weighted by Crippen LogP contribution is 2.01. The summed E-state index contributed by atoms with van der Waals surface area (Å²) in [5.74, 6) is 0. The fourth-order valence-electron chi connectivity index (χ4n) is 1.03. The number of hydrogen-bond acceptors (Lipinski definition) is 3. The van der Waals surface area contributed by atoms with Gasteiger partial charge in [-0.05, 0) is 19.4 Å². The quantitative estimate of drug-likeness (QED) is 0.532. The Morgan fingerprint density at radius 3 is 2.55 bits per heavy atom. The lowest BCUT2D eigenvalue weighted by Gasteiger charge is -2.08. The van der Waals surface area contributed by atoms with Crippen molar-refractivity contribution in [3.05, 3.63) is 0 Å². The predicted octanol–water partition coefficient (Wildman–Crippen LogP) is 0.479. The molecule has 0 aliphatic heterocycles. The number of hydrogen-bond donors (Lipinski definition) is 2. The first-order valence-electron chi connectivity index (χ1n) is 4.26. The first-order valence-corrected chi connectivity index (χ1v) is 4.26. The molecule has 0 spiro atoms. The maximum atomic E-state index is 5.71. The van der Waals surface area contributed by atoms with Crippen LogP contribution < -0.4 is 11.5 Å². The Morgan fingerprint density at radius 1 is 1.27 bits per heavy atom. The molecule has 0 aromatic heterocycles. The van der Waals surface area contributed by atoms with Gasteiger partial charge in [-0.25, -0.2) is 0 Å². The fraction of sp³-hybridized carbons (Fsp3) is 1.00. The second-order valence-corrected chi connectivity index (χ2v) is 2.85. The third-order valence-corrected chi connectivity index (χ3v) is 1.66. The van der Waals surface area contributed by atoms with Crippen LogP contribution in [-0.2, 0) is 4.74 Å². The molecule has 0 rings (SSSR count). The standard InChI is InChI=1S/C8H20N2O/c1-11-7-8(10)5-3-2-4-6-9/h8H,2-7,9-10H2,1H3. The monoisotopic (exact) mass is 160 g/mol. The maximum Gasteiger partial charge on any atom is 0.0613 e. The van der Waals surface area contributed by atoms with Gasteiger partial charge in [-0.2, -0.15) is 0 Å². The smallest absolute Gasteiger partial charge is 0.0613 e. The molecule has 0 fully saturated rings. The van der Waals surface area contributed by atoms with E-state index in [-0.39, 0.29) is 6.04 Å². The van der Waals surface area contributed by atoms with E-state index in [0.717, 1.165) is 19.4 Å². The molecule has 0 radical (unpaired) electrons. The van der Waals surface area contributed by atoms with Crippen LogP contribution in [0, 0.1) is 0 Å². The Balaban J connectivity index is 2.97. The van der Waals surface area contributed by atoms with Crippen molar-refractivity contribution in [2.45, 2.75) is 31.7 Å². The number of rotatable bonds is 7. The molecule has 0 aliphatic rings. The molecule has 0 aliphatic carbocycles. The summed E-state index contributed by atoms with van der Waals surface area (Å²) in [6.45, 7) is 1.46. The Labute approximate surface area is 69.1 Å². The van der Waals surface area contributed by atoms with E-state index >= 15 is 0 Å². The third-order valence-electron chi connectivity index (χ3n) is 1.66. The van der Waals surface area contributed by atoms with Crippen LogP contribution in [0.4, 0.5) is 0 Å². The van der Waals surface area contributed by atoms with E-state index in [4.69, 9.17) is 16.2 Å². The van der Waals surface area contributed by atoms with Gasteiger partial charge in [0, 0.05) is 13.2 Å². The third kappa shape index (κ3) is 7.78. The van der Waals surface area contributed by atoms with Crippen molar-refractivity contribution < 1.29 is 4.74 Å². The van der Waals surface area contributed by atoms with Gasteiger partial charge in [0.25, 0.3) is 0 Å². The molecular formula is C8H20N2O. The molecule has 0 aromatic carbocycles. The van der Waals surface area contributed by atoms with Crippen LogP contribution in [0.3, 0.4) is 0 Å². The fourth-order valence-corrected chi connectivity index (χ4v) is 1.03. The zero-order valence-electron chi connectivity index (χ0n) is 7.38. The Morgan fingerprint density at radius 2 is 2.00 bits per heavy atom. The van der Waals surface area contributed by atoms with Crippen LogP contribution in [0.5, 0.6) is 0 Å². The van der Waals surface area contributed by atoms with Gasteiger partial charge in [0.1, 0.15) is 0 Å². The summed E-state index contributed by atoms with van der Waals surface area (Å²) < 4.78 is 4.91. The molecule has 0 bridgehead atoms. The van der Waals surface area contributed by atoms with E-state index in [1.165, 1.54) is 12.8 Å². The highest BCUT2D eigenvalue weighted by atomic mass is 16.5. The minimum atomic E-state index is 0.206. The van der Waals surface area contributed by atoms with Crippen molar-refractivity contribution in [2.24, 2.45) is 11.5 Å². The average Bonchev–Trinajstić information content (AvgIpc) is 1.99. The summed E-state index contributed by atoms with van der Waals surface area (Å²) in [6, 6.07) is 0.206. The molecule has 3 heteroatoms. The van der Waals surface area contributed by atoms with Crippen LogP contribution in [0.25, 0.3) is 0 Å². The minimum Gasteiger partial charge on any atom is -0.383 e. The normalized spacial score (nSPS) is 13.4. The minimum absolute atomic E-state index is 0.206. The van der Waals surface area contributed by atoms with E-state index in [9.17, 15) is 0 Å². The number of ether oxygens (including phenoxy) is 1. The van der Waals surface area contributed by atoms with E-state index in [1.54, 1.807) is 7.11 Å². The molecule has 0 saturated heterocycles. The molecule has 0 amide bonds. The Hall–Kier alpha value is -0.120. The van der Waals surface area contributed by atoms with Crippen molar-refractivity contribution in [2.75, 3.05) is 20.3 Å². The summed E-state index contributed by atoms with van der Waals surface area (Å²) in [4.78, 5) is 0. The molecule has 3 nitrogen and oxygen atoms in total. The van der Waals surface area contributed by atoms with Crippen molar-refractivity contribution in [1.82, 2.24) is 0 Å². The van der Waals surface area contributed by atoms with Gasteiger partial charge in [-0.1, -0.05) is 12.8 Å². The van der Waals surface area contributed by atoms with E-state index < -0.39 is 0 Å². The molecule has 0 aromatic rings. The van der Waals surface area contributed by atoms with Crippen LogP contribution in [0.2, 0.25) is 0 Å². The topological polar surface area (TPSA) is 61.3 Å². The molecule has 11 heavy (non-hydrogen) atoms. The van der Waals surface area contributed by atoms with Crippen LogP contribution in [0.15, 0.2) is 0 Å². The average molecular weight is 160 g/mol. The molecule has 0 heterocycles. The van der Waals surface area contributed by atoms with Gasteiger partial charge in [-0.15, -0.1) is 0 Å². The first kappa shape index (κ1) is 10.9. The van der Waals surface area contributed by atoms with Crippen LogP contribution >= 0.6 is 0 Å². The van der Waals surface area contributed by atoms with E-state index in [2.05, 4.69) is 0 Å². The first-order chi connectivity index (χ1) is 5.31. The van der Waals surface area contributed by atoms with Gasteiger partial charge in [0.15, 0.2) is 0 Å². The summed E-state index contributed by atoms with van der Waals surface area (Å²) in [5.41, 5.74) is 11.1. The summed E-state index contributed by atoms with van der Waals surface area (Å²) in [7, 11) is 1.68. The lowest BCUT2D eigenvalue weighted by Crippen LogP contribution is -2.25. The summed E-state index contributed by atoms with van der Waals surface area (Å²) >= 11 is 0. The van der Waals surface area contributed by atoms with Crippen molar-refractivity contribution in [3.8, 4) is 0 Å².